The maximum absolute atomic E-state index is 12.7. The van der Waals surface area contributed by atoms with Crippen molar-refractivity contribution in [3.05, 3.63) is 53.2 Å². The summed E-state index contributed by atoms with van der Waals surface area (Å²) in [5.41, 5.74) is 2.16. The zero-order chi connectivity index (χ0) is 15.5. The Bertz CT molecular complexity index is 668. The predicted octanol–water partition coefficient (Wildman–Crippen LogP) is 3.00. The Morgan fingerprint density at radius 2 is 2.00 bits per heavy atom. The molecule has 1 saturated heterocycles. The molecule has 2 aromatic rings. The van der Waals surface area contributed by atoms with Gasteiger partial charge < -0.3 is 10.0 Å². The number of nitrogens with zero attached hydrogens (tertiary/aromatic N) is 2. The zero-order valence-corrected chi connectivity index (χ0v) is 12.8. The Morgan fingerprint density at radius 1 is 1.23 bits per heavy atom. The van der Waals surface area contributed by atoms with Crippen LogP contribution in [0.5, 0.6) is 0 Å². The van der Waals surface area contributed by atoms with Crippen LogP contribution in [0.25, 0.3) is 11.3 Å². The molecule has 1 N–H and O–H groups in total. The number of carbonyl (C=O) groups excluding carboxylic acids is 1. The highest BCUT2D eigenvalue weighted by molar-refractivity contribution is 6.34. The van der Waals surface area contributed by atoms with Gasteiger partial charge in [0.2, 0.25) is 0 Å². The van der Waals surface area contributed by atoms with Gasteiger partial charge in [0, 0.05) is 24.8 Å². The maximum Gasteiger partial charge on any atom is 0.255 e. The number of aromatic nitrogens is 1. The number of carbonyl (C=O) groups is 1. The van der Waals surface area contributed by atoms with Crippen LogP contribution < -0.4 is 0 Å². The van der Waals surface area contributed by atoms with Gasteiger partial charge in [-0.3, -0.25) is 9.78 Å². The minimum absolute atomic E-state index is 0.0883. The normalized spacial score (nSPS) is 15.8. The van der Waals surface area contributed by atoms with Gasteiger partial charge in [-0.2, -0.15) is 0 Å². The van der Waals surface area contributed by atoms with E-state index in [2.05, 4.69) is 4.98 Å². The molecule has 4 nitrogen and oxygen atoms in total. The van der Waals surface area contributed by atoms with Gasteiger partial charge in [0.1, 0.15) is 0 Å². The van der Waals surface area contributed by atoms with E-state index < -0.39 is 0 Å². The standard InChI is InChI=1S/C17H17ClN2O2/c18-15-5-4-12(16-3-1-2-8-19-16)11-14(15)17(22)20-9-6-13(21)7-10-20/h1-5,8,11,13,21H,6-7,9-10H2. The van der Waals surface area contributed by atoms with Crippen molar-refractivity contribution >= 4 is 17.5 Å². The largest absolute Gasteiger partial charge is 0.393 e. The van der Waals surface area contributed by atoms with Crippen molar-refractivity contribution in [2.45, 2.75) is 18.9 Å². The lowest BCUT2D eigenvalue weighted by Gasteiger charge is -2.30. The van der Waals surface area contributed by atoms with Crippen LogP contribution in [0.4, 0.5) is 0 Å². The number of halogens is 1. The smallest absolute Gasteiger partial charge is 0.255 e. The third kappa shape index (κ3) is 3.13. The molecule has 1 aromatic carbocycles. The van der Waals surface area contributed by atoms with Gasteiger partial charge in [-0.15, -0.1) is 0 Å². The third-order valence-electron chi connectivity index (χ3n) is 3.91. The zero-order valence-electron chi connectivity index (χ0n) is 12.1. The van der Waals surface area contributed by atoms with E-state index in [1.807, 2.05) is 24.3 Å². The molecule has 5 heteroatoms. The maximum atomic E-state index is 12.7. The number of aliphatic hydroxyl groups is 1. The third-order valence-corrected chi connectivity index (χ3v) is 4.24. The molecule has 1 aliphatic heterocycles. The predicted molar refractivity (Wildman–Crippen MR) is 85.8 cm³/mol. The van der Waals surface area contributed by atoms with E-state index in [0.717, 1.165) is 11.3 Å². The lowest BCUT2D eigenvalue weighted by atomic mass is 10.0. The number of rotatable bonds is 2. The van der Waals surface area contributed by atoms with E-state index in [9.17, 15) is 9.90 Å². The Hall–Kier alpha value is -1.91. The summed E-state index contributed by atoms with van der Waals surface area (Å²) in [4.78, 5) is 18.7. The number of benzene rings is 1. The van der Waals surface area contributed by atoms with Gasteiger partial charge in [0.25, 0.3) is 5.91 Å². The van der Waals surface area contributed by atoms with Gasteiger partial charge >= 0.3 is 0 Å². The minimum atomic E-state index is -0.306. The Kier molecular flexibility index (Phi) is 4.41. The molecule has 0 spiro atoms. The SMILES string of the molecule is O=C(c1cc(-c2ccccn2)ccc1Cl)N1CCC(O)CC1. The molecule has 1 amide bonds. The second-order valence-electron chi connectivity index (χ2n) is 5.43. The molecule has 3 rings (SSSR count). The average molecular weight is 317 g/mol. The molecule has 1 aromatic heterocycles. The highest BCUT2D eigenvalue weighted by Gasteiger charge is 2.24. The molecular formula is C17H17ClN2O2. The summed E-state index contributed by atoms with van der Waals surface area (Å²) in [5, 5.41) is 9.99. The van der Waals surface area contributed by atoms with Crippen molar-refractivity contribution < 1.29 is 9.90 Å². The summed E-state index contributed by atoms with van der Waals surface area (Å²) in [5.74, 6) is -0.0883. The number of amides is 1. The van der Waals surface area contributed by atoms with E-state index in [-0.39, 0.29) is 12.0 Å². The minimum Gasteiger partial charge on any atom is -0.393 e. The van der Waals surface area contributed by atoms with Crippen molar-refractivity contribution in [1.82, 2.24) is 9.88 Å². The van der Waals surface area contributed by atoms with Gasteiger partial charge in [0.05, 0.1) is 22.4 Å². The summed E-state index contributed by atoms with van der Waals surface area (Å²) in [6, 6.07) is 11.0. The first-order chi connectivity index (χ1) is 10.6. The average Bonchev–Trinajstić information content (AvgIpc) is 2.56. The van der Waals surface area contributed by atoms with E-state index >= 15 is 0 Å². The highest BCUT2D eigenvalue weighted by atomic mass is 35.5. The molecule has 0 saturated carbocycles. The molecule has 1 aliphatic rings. The molecule has 0 bridgehead atoms. The fourth-order valence-corrected chi connectivity index (χ4v) is 2.82. The Morgan fingerprint density at radius 3 is 2.68 bits per heavy atom. The fourth-order valence-electron chi connectivity index (χ4n) is 2.62. The first-order valence-corrected chi connectivity index (χ1v) is 7.71. The van der Waals surface area contributed by atoms with E-state index in [4.69, 9.17) is 11.6 Å². The number of hydrogen-bond donors (Lipinski definition) is 1. The summed E-state index contributed by atoms with van der Waals surface area (Å²) < 4.78 is 0. The molecule has 22 heavy (non-hydrogen) atoms. The van der Waals surface area contributed by atoms with E-state index in [0.29, 0.717) is 36.5 Å². The van der Waals surface area contributed by atoms with Crippen molar-refractivity contribution in [1.29, 1.82) is 0 Å². The van der Waals surface area contributed by atoms with Crippen LogP contribution in [0.3, 0.4) is 0 Å². The lowest BCUT2D eigenvalue weighted by molar-refractivity contribution is 0.0547. The van der Waals surface area contributed by atoms with Crippen LogP contribution in [0.2, 0.25) is 5.02 Å². The summed E-state index contributed by atoms with van der Waals surface area (Å²) in [6.07, 6.45) is 2.64. The number of pyridine rings is 1. The van der Waals surface area contributed by atoms with Crippen molar-refractivity contribution in [2.24, 2.45) is 0 Å². The van der Waals surface area contributed by atoms with Gasteiger partial charge in [-0.05, 0) is 37.1 Å². The molecule has 2 heterocycles. The second kappa shape index (κ2) is 6.46. The van der Waals surface area contributed by atoms with Crippen LogP contribution in [-0.2, 0) is 0 Å². The fraction of sp³-hybridized carbons (Fsp3) is 0.294. The van der Waals surface area contributed by atoms with Gasteiger partial charge in [0.15, 0.2) is 0 Å². The van der Waals surface area contributed by atoms with Crippen molar-refractivity contribution in [3.63, 3.8) is 0 Å². The first-order valence-electron chi connectivity index (χ1n) is 7.33. The topological polar surface area (TPSA) is 53.4 Å². The van der Waals surface area contributed by atoms with Crippen LogP contribution in [0, 0.1) is 0 Å². The summed E-state index contributed by atoms with van der Waals surface area (Å²) in [6.45, 7) is 1.12. The van der Waals surface area contributed by atoms with Gasteiger partial charge in [-0.25, -0.2) is 0 Å². The Labute approximate surface area is 134 Å². The highest BCUT2D eigenvalue weighted by Crippen LogP contribution is 2.26. The van der Waals surface area contributed by atoms with Gasteiger partial charge in [-0.1, -0.05) is 23.7 Å². The van der Waals surface area contributed by atoms with Crippen LogP contribution >= 0.6 is 11.6 Å². The lowest BCUT2D eigenvalue weighted by Crippen LogP contribution is -2.40. The number of aliphatic hydroxyl groups excluding tert-OH is 1. The molecule has 0 aliphatic carbocycles. The summed E-state index contributed by atoms with van der Waals surface area (Å²) in [7, 11) is 0. The molecular weight excluding hydrogens is 300 g/mol. The monoisotopic (exact) mass is 316 g/mol. The number of piperidine rings is 1. The van der Waals surface area contributed by atoms with Crippen LogP contribution in [0.1, 0.15) is 23.2 Å². The molecule has 0 atom stereocenters. The Balaban J connectivity index is 1.88. The summed E-state index contributed by atoms with van der Waals surface area (Å²) >= 11 is 6.21. The van der Waals surface area contributed by atoms with E-state index in [1.54, 1.807) is 23.2 Å². The van der Waals surface area contributed by atoms with Crippen molar-refractivity contribution in [2.75, 3.05) is 13.1 Å². The number of likely N-dealkylation sites (tertiary alicyclic amines) is 1. The molecule has 1 fully saturated rings. The second-order valence-corrected chi connectivity index (χ2v) is 5.84. The molecule has 0 unspecified atom stereocenters. The number of hydrogen-bond acceptors (Lipinski definition) is 3. The van der Waals surface area contributed by atoms with Crippen LogP contribution in [0.15, 0.2) is 42.6 Å². The van der Waals surface area contributed by atoms with Crippen molar-refractivity contribution in [3.8, 4) is 11.3 Å². The van der Waals surface area contributed by atoms with E-state index in [1.165, 1.54) is 0 Å². The molecule has 0 radical (unpaired) electrons. The quantitative estimate of drug-likeness (QED) is 0.926. The first kappa shape index (κ1) is 15.0. The molecule has 114 valence electrons. The van der Waals surface area contributed by atoms with Crippen LogP contribution in [-0.4, -0.2) is 40.1 Å².